The molecule has 2 rings (SSSR count). The SMILES string of the molecule is CN(C)C1CCN(S(=O)(=O)c2ccc(CCl)cc2F)CC1. The lowest BCUT2D eigenvalue weighted by Gasteiger charge is -2.34. The standard InChI is InChI=1S/C14H20ClFN2O2S/c1-17(2)12-5-7-18(8-6-12)21(19,20)14-4-3-11(10-15)9-13(14)16/h3-4,9,12H,5-8,10H2,1-2H3. The van der Waals surface area contributed by atoms with Crippen LogP contribution in [0.25, 0.3) is 0 Å². The van der Waals surface area contributed by atoms with Gasteiger partial charge in [-0.15, -0.1) is 11.6 Å². The number of halogens is 2. The summed E-state index contributed by atoms with van der Waals surface area (Å²) >= 11 is 5.63. The van der Waals surface area contributed by atoms with Crippen molar-refractivity contribution in [1.29, 1.82) is 0 Å². The Balaban J connectivity index is 2.19. The summed E-state index contributed by atoms with van der Waals surface area (Å²) in [5, 5.41) is 0. The van der Waals surface area contributed by atoms with Crippen molar-refractivity contribution in [3.05, 3.63) is 29.6 Å². The zero-order chi connectivity index (χ0) is 15.6. The van der Waals surface area contributed by atoms with Crippen molar-refractivity contribution in [3.63, 3.8) is 0 Å². The number of rotatable bonds is 4. The van der Waals surface area contributed by atoms with Gasteiger partial charge in [0.05, 0.1) is 0 Å². The lowest BCUT2D eigenvalue weighted by Crippen LogP contribution is -2.44. The number of hydrogen-bond acceptors (Lipinski definition) is 3. The van der Waals surface area contributed by atoms with Gasteiger partial charge in [-0.3, -0.25) is 0 Å². The molecule has 0 atom stereocenters. The molecule has 7 heteroatoms. The van der Waals surface area contributed by atoms with Crippen molar-refractivity contribution in [1.82, 2.24) is 9.21 Å². The Hall–Kier alpha value is -0.690. The second-order valence-corrected chi connectivity index (χ2v) is 7.67. The summed E-state index contributed by atoms with van der Waals surface area (Å²) in [5.41, 5.74) is 0.569. The Bertz CT molecular complexity index is 599. The van der Waals surface area contributed by atoms with Crippen LogP contribution in [0, 0.1) is 5.82 Å². The molecule has 1 heterocycles. The fourth-order valence-electron chi connectivity index (χ4n) is 2.57. The van der Waals surface area contributed by atoms with Crippen LogP contribution in [0.4, 0.5) is 4.39 Å². The fraction of sp³-hybridized carbons (Fsp3) is 0.571. The molecule has 1 aliphatic rings. The molecule has 1 fully saturated rings. The van der Waals surface area contributed by atoms with E-state index in [4.69, 9.17) is 11.6 Å². The van der Waals surface area contributed by atoms with E-state index in [1.807, 2.05) is 14.1 Å². The molecule has 118 valence electrons. The maximum Gasteiger partial charge on any atom is 0.245 e. The third-order valence-electron chi connectivity index (χ3n) is 3.92. The lowest BCUT2D eigenvalue weighted by molar-refractivity contribution is 0.196. The molecule has 21 heavy (non-hydrogen) atoms. The van der Waals surface area contributed by atoms with Gasteiger partial charge in [-0.05, 0) is 44.6 Å². The minimum absolute atomic E-state index is 0.158. The zero-order valence-electron chi connectivity index (χ0n) is 12.2. The van der Waals surface area contributed by atoms with Crippen molar-refractivity contribution in [3.8, 4) is 0 Å². The number of piperidine rings is 1. The van der Waals surface area contributed by atoms with E-state index >= 15 is 0 Å². The highest BCUT2D eigenvalue weighted by molar-refractivity contribution is 7.89. The molecule has 4 nitrogen and oxygen atoms in total. The number of hydrogen-bond donors (Lipinski definition) is 0. The highest BCUT2D eigenvalue weighted by Gasteiger charge is 2.31. The van der Waals surface area contributed by atoms with Gasteiger partial charge in [0.1, 0.15) is 10.7 Å². The van der Waals surface area contributed by atoms with E-state index in [1.54, 1.807) is 6.07 Å². The van der Waals surface area contributed by atoms with Gasteiger partial charge in [0, 0.05) is 25.0 Å². The first-order valence-electron chi connectivity index (χ1n) is 6.87. The fourth-order valence-corrected chi connectivity index (χ4v) is 4.26. The Labute approximate surface area is 130 Å². The summed E-state index contributed by atoms with van der Waals surface area (Å²) in [5.74, 6) is -0.575. The van der Waals surface area contributed by atoms with Crippen LogP contribution >= 0.6 is 11.6 Å². The Morgan fingerprint density at radius 1 is 1.33 bits per heavy atom. The van der Waals surface area contributed by atoms with Crippen LogP contribution in [-0.4, -0.2) is 50.8 Å². The topological polar surface area (TPSA) is 40.6 Å². The number of alkyl halides is 1. The summed E-state index contributed by atoms with van der Waals surface area (Å²) in [7, 11) is 0.201. The molecule has 0 saturated carbocycles. The van der Waals surface area contributed by atoms with Crippen LogP contribution in [0.5, 0.6) is 0 Å². The second kappa shape index (κ2) is 6.60. The van der Waals surface area contributed by atoms with Crippen LogP contribution < -0.4 is 0 Å². The Morgan fingerprint density at radius 3 is 2.43 bits per heavy atom. The molecule has 1 aliphatic heterocycles. The van der Waals surface area contributed by atoms with E-state index in [0.717, 1.165) is 12.8 Å². The average molecular weight is 335 g/mol. The number of benzene rings is 1. The highest BCUT2D eigenvalue weighted by atomic mass is 35.5. The molecule has 0 N–H and O–H groups in total. The molecule has 0 amide bonds. The summed E-state index contributed by atoms with van der Waals surface area (Å²) in [6, 6.07) is 4.42. The van der Waals surface area contributed by atoms with Crippen LogP contribution in [0.1, 0.15) is 18.4 Å². The van der Waals surface area contributed by atoms with Crippen molar-refractivity contribution < 1.29 is 12.8 Å². The number of sulfonamides is 1. The highest BCUT2D eigenvalue weighted by Crippen LogP contribution is 2.25. The first kappa shape index (κ1) is 16.7. The molecule has 1 saturated heterocycles. The van der Waals surface area contributed by atoms with Crippen LogP contribution in [0.3, 0.4) is 0 Å². The van der Waals surface area contributed by atoms with E-state index in [-0.39, 0.29) is 10.8 Å². The van der Waals surface area contributed by atoms with Crippen molar-refractivity contribution in [2.75, 3.05) is 27.2 Å². The molecule has 0 aliphatic carbocycles. The Morgan fingerprint density at radius 2 is 1.95 bits per heavy atom. The Kier molecular flexibility index (Phi) is 5.24. The third-order valence-corrected chi connectivity index (χ3v) is 6.16. The van der Waals surface area contributed by atoms with Gasteiger partial charge in [0.2, 0.25) is 10.0 Å². The smallest absolute Gasteiger partial charge is 0.245 e. The van der Waals surface area contributed by atoms with E-state index in [9.17, 15) is 12.8 Å². The molecule has 0 spiro atoms. The predicted molar refractivity (Wildman–Crippen MR) is 81.4 cm³/mol. The molecule has 1 aromatic carbocycles. The van der Waals surface area contributed by atoms with Gasteiger partial charge < -0.3 is 4.90 Å². The van der Waals surface area contributed by atoms with Crippen molar-refractivity contribution in [2.24, 2.45) is 0 Å². The van der Waals surface area contributed by atoms with E-state index < -0.39 is 15.8 Å². The molecule has 0 bridgehead atoms. The molecular formula is C14H20ClFN2O2S. The molecular weight excluding hydrogens is 315 g/mol. The van der Waals surface area contributed by atoms with Gasteiger partial charge >= 0.3 is 0 Å². The predicted octanol–water partition coefficient (Wildman–Crippen LogP) is 2.28. The minimum Gasteiger partial charge on any atom is -0.306 e. The monoisotopic (exact) mass is 334 g/mol. The van der Waals surface area contributed by atoms with E-state index in [1.165, 1.54) is 16.4 Å². The zero-order valence-corrected chi connectivity index (χ0v) is 13.8. The van der Waals surface area contributed by atoms with Crippen LogP contribution in [-0.2, 0) is 15.9 Å². The van der Waals surface area contributed by atoms with Crippen LogP contribution in [0.2, 0.25) is 0 Å². The van der Waals surface area contributed by atoms with Gasteiger partial charge in [-0.1, -0.05) is 6.07 Å². The quantitative estimate of drug-likeness (QED) is 0.793. The van der Waals surface area contributed by atoms with Crippen molar-refractivity contribution >= 4 is 21.6 Å². The van der Waals surface area contributed by atoms with Gasteiger partial charge in [0.25, 0.3) is 0 Å². The summed E-state index contributed by atoms with van der Waals surface area (Å²) in [4.78, 5) is 1.83. The number of nitrogens with zero attached hydrogens (tertiary/aromatic N) is 2. The summed E-state index contributed by atoms with van der Waals surface area (Å²) in [6.45, 7) is 0.837. The normalized spacial score (nSPS) is 18.3. The van der Waals surface area contributed by atoms with Gasteiger partial charge in [-0.25, -0.2) is 12.8 Å². The van der Waals surface area contributed by atoms with Gasteiger partial charge in [-0.2, -0.15) is 4.31 Å². The largest absolute Gasteiger partial charge is 0.306 e. The molecule has 1 aromatic rings. The minimum atomic E-state index is -3.77. The molecule has 0 unspecified atom stereocenters. The van der Waals surface area contributed by atoms with E-state index in [0.29, 0.717) is 24.7 Å². The second-order valence-electron chi connectivity index (χ2n) is 5.50. The molecule has 0 radical (unpaired) electrons. The first-order chi connectivity index (χ1) is 9.86. The first-order valence-corrected chi connectivity index (χ1v) is 8.84. The van der Waals surface area contributed by atoms with E-state index in [2.05, 4.69) is 4.90 Å². The summed E-state index contributed by atoms with van der Waals surface area (Å²) in [6.07, 6.45) is 1.52. The third kappa shape index (κ3) is 3.56. The maximum absolute atomic E-state index is 14.0. The maximum atomic E-state index is 14.0. The van der Waals surface area contributed by atoms with Crippen LogP contribution in [0.15, 0.2) is 23.1 Å². The van der Waals surface area contributed by atoms with Crippen molar-refractivity contribution in [2.45, 2.75) is 29.7 Å². The lowest BCUT2D eigenvalue weighted by atomic mass is 10.1. The van der Waals surface area contributed by atoms with Gasteiger partial charge in [0.15, 0.2) is 0 Å². The molecule has 0 aromatic heterocycles. The average Bonchev–Trinajstić information content (AvgIpc) is 2.46. The summed E-state index contributed by atoms with van der Waals surface area (Å²) < 4.78 is 40.4.